The maximum Gasteiger partial charge on any atom is 0.227 e. The number of hydrogen-bond donors (Lipinski definition) is 1. The van der Waals surface area contributed by atoms with E-state index in [9.17, 15) is 0 Å². The molecular weight excluding hydrogens is 234 g/mol. The van der Waals surface area contributed by atoms with Crippen molar-refractivity contribution < 1.29 is 4.52 Å². The summed E-state index contributed by atoms with van der Waals surface area (Å²) in [6, 6.07) is 0. The Balaban J connectivity index is 1.76. The standard InChI is InChI=1S/C12H15N3OS/c1-8-6-17-7-10(8)12-14-11(16-15-12)4-9-2-3-13-5-9/h6-7,9,13H,2-5H2,1H3. The molecule has 1 unspecified atom stereocenters. The number of thiophene rings is 1. The van der Waals surface area contributed by atoms with Crippen LogP contribution in [0.4, 0.5) is 0 Å². The molecule has 1 aliphatic heterocycles. The predicted molar refractivity (Wildman–Crippen MR) is 67.0 cm³/mol. The van der Waals surface area contributed by atoms with Crippen LogP contribution in [0.2, 0.25) is 0 Å². The van der Waals surface area contributed by atoms with Gasteiger partial charge in [-0.2, -0.15) is 16.3 Å². The lowest BCUT2D eigenvalue weighted by Crippen LogP contribution is -2.10. The summed E-state index contributed by atoms with van der Waals surface area (Å²) in [7, 11) is 0. The number of nitrogens with zero attached hydrogens (tertiary/aromatic N) is 2. The van der Waals surface area contributed by atoms with E-state index in [0.717, 1.165) is 36.8 Å². The summed E-state index contributed by atoms with van der Waals surface area (Å²) in [5.41, 5.74) is 2.31. The summed E-state index contributed by atoms with van der Waals surface area (Å²) in [4.78, 5) is 4.48. The first kappa shape index (κ1) is 10.9. The minimum Gasteiger partial charge on any atom is -0.339 e. The van der Waals surface area contributed by atoms with Crippen LogP contribution in [-0.4, -0.2) is 23.2 Å². The van der Waals surface area contributed by atoms with E-state index in [1.54, 1.807) is 11.3 Å². The molecule has 1 atom stereocenters. The van der Waals surface area contributed by atoms with E-state index >= 15 is 0 Å². The molecule has 0 saturated carbocycles. The van der Waals surface area contributed by atoms with Crippen LogP contribution in [0, 0.1) is 12.8 Å². The summed E-state index contributed by atoms with van der Waals surface area (Å²) in [5, 5.41) is 11.6. The minimum atomic E-state index is 0.645. The topological polar surface area (TPSA) is 51.0 Å². The third-order valence-corrected chi connectivity index (χ3v) is 4.05. The molecule has 3 heterocycles. The van der Waals surface area contributed by atoms with Gasteiger partial charge in [-0.1, -0.05) is 5.16 Å². The molecule has 5 heteroatoms. The van der Waals surface area contributed by atoms with Crippen molar-refractivity contribution in [1.82, 2.24) is 15.5 Å². The fourth-order valence-corrected chi connectivity index (χ4v) is 3.00. The van der Waals surface area contributed by atoms with E-state index in [1.165, 1.54) is 12.0 Å². The van der Waals surface area contributed by atoms with Crippen LogP contribution in [-0.2, 0) is 6.42 Å². The Morgan fingerprint density at radius 1 is 1.53 bits per heavy atom. The van der Waals surface area contributed by atoms with E-state index in [-0.39, 0.29) is 0 Å². The first-order valence-corrected chi connectivity index (χ1v) is 6.83. The largest absolute Gasteiger partial charge is 0.339 e. The second-order valence-corrected chi connectivity index (χ2v) is 5.29. The van der Waals surface area contributed by atoms with Crippen molar-refractivity contribution in [2.45, 2.75) is 19.8 Å². The van der Waals surface area contributed by atoms with Crippen molar-refractivity contribution in [3.8, 4) is 11.4 Å². The maximum absolute atomic E-state index is 5.32. The summed E-state index contributed by atoms with van der Waals surface area (Å²) in [5.74, 6) is 2.14. The zero-order chi connectivity index (χ0) is 11.7. The highest BCUT2D eigenvalue weighted by atomic mass is 32.1. The van der Waals surface area contributed by atoms with E-state index in [0.29, 0.717) is 5.92 Å². The number of nitrogens with one attached hydrogen (secondary N) is 1. The smallest absolute Gasteiger partial charge is 0.227 e. The third kappa shape index (κ3) is 2.25. The van der Waals surface area contributed by atoms with Crippen LogP contribution in [0.5, 0.6) is 0 Å². The van der Waals surface area contributed by atoms with Gasteiger partial charge in [0, 0.05) is 17.4 Å². The quantitative estimate of drug-likeness (QED) is 0.906. The summed E-state index contributed by atoms with van der Waals surface area (Å²) in [6.07, 6.45) is 2.10. The first-order valence-electron chi connectivity index (χ1n) is 5.89. The monoisotopic (exact) mass is 249 g/mol. The number of aromatic nitrogens is 2. The lowest BCUT2D eigenvalue weighted by Gasteiger charge is -2.01. The van der Waals surface area contributed by atoms with Crippen LogP contribution in [0.25, 0.3) is 11.4 Å². The molecular formula is C12H15N3OS. The van der Waals surface area contributed by atoms with Crippen LogP contribution < -0.4 is 5.32 Å². The molecule has 1 saturated heterocycles. The van der Waals surface area contributed by atoms with Gasteiger partial charge in [0.05, 0.1) is 0 Å². The fourth-order valence-electron chi connectivity index (χ4n) is 2.17. The molecule has 1 fully saturated rings. The van der Waals surface area contributed by atoms with Gasteiger partial charge >= 0.3 is 0 Å². The average molecular weight is 249 g/mol. The Hall–Kier alpha value is -1.20. The van der Waals surface area contributed by atoms with Crippen molar-refractivity contribution in [2.24, 2.45) is 5.92 Å². The maximum atomic E-state index is 5.32. The van der Waals surface area contributed by atoms with Gasteiger partial charge in [-0.05, 0) is 43.3 Å². The molecule has 2 aromatic heterocycles. The zero-order valence-corrected chi connectivity index (χ0v) is 10.6. The Kier molecular flexibility index (Phi) is 2.94. The summed E-state index contributed by atoms with van der Waals surface area (Å²) < 4.78 is 5.32. The molecule has 90 valence electrons. The van der Waals surface area contributed by atoms with Gasteiger partial charge in [-0.3, -0.25) is 0 Å². The van der Waals surface area contributed by atoms with Crippen molar-refractivity contribution in [2.75, 3.05) is 13.1 Å². The van der Waals surface area contributed by atoms with Crippen molar-refractivity contribution in [3.05, 3.63) is 22.2 Å². The number of aryl methyl sites for hydroxylation is 1. The highest BCUT2D eigenvalue weighted by molar-refractivity contribution is 7.08. The van der Waals surface area contributed by atoms with Crippen molar-refractivity contribution >= 4 is 11.3 Å². The van der Waals surface area contributed by atoms with Gasteiger partial charge in [-0.25, -0.2) is 0 Å². The van der Waals surface area contributed by atoms with Crippen LogP contribution >= 0.6 is 11.3 Å². The molecule has 1 N–H and O–H groups in total. The third-order valence-electron chi connectivity index (χ3n) is 3.19. The highest BCUT2D eigenvalue weighted by Crippen LogP contribution is 2.25. The van der Waals surface area contributed by atoms with E-state index in [2.05, 4.69) is 33.1 Å². The second-order valence-electron chi connectivity index (χ2n) is 4.54. The minimum absolute atomic E-state index is 0.645. The molecule has 2 aromatic rings. The van der Waals surface area contributed by atoms with Gasteiger partial charge in [0.15, 0.2) is 0 Å². The SMILES string of the molecule is Cc1cscc1-c1noc(CC2CCNC2)n1. The first-order chi connectivity index (χ1) is 8.33. The van der Waals surface area contributed by atoms with Crippen LogP contribution in [0.15, 0.2) is 15.3 Å². The van der Waals surface area contributed by atoms with Gasteiger partial charge in [0.1, 0.15) is 0 Å². The molecule has 17 heavy (non-hydrogen) atoms. The fraction of sp³-hybridized carbons (Fsp3) is 0.500. The molecule has 1 aliphatic rings. The molecule has 0 spiro atoms. The summed E-state index contributed by atoms with van der Waals surface area (Å²) in [6.45, 7) is 4.24. The Bertz CT molecular complexity index is 499. The molecule has 0 radical (unpaired) electrons. The van der Waals surface area contributed by atoms with Crippen LogP contribution in [0.1, 0.15) is 17.9 Å². The molecule has 0 amide bonds. The normalized spacial score (nSPS) is 19.9. The molecule has 3 rings (SSSR count). The van der Waals surface area contributed by atoms with Gasteiger partial charge < -0.3 is 9.84 Å². The average Bonchev–Trinajstić information content (AvgIpc) is 3.00. The second kappa shape index (κ2) is 4.58. The highest BCUT2D eigenvalue weighted by Gasteiger charge is 2.19. The Morgan fingerprint density at radius 2 is 2.47 bits per heavy atom. The molecule has 0 aromatic carbocycles. The number of hydrogen-bond acceptors (Lipinski definition) is 5. The van der Waals surface area contributed by atoms with Crippen LogP contribution in [0.3, 0.4) is 0 Å². The summed E-state index contributed by atoms with van der Waals surface area (Å²) >= 11 is 1.67. The molecule has 4 nitrogen and oxygen atoms in total. The molecule has 0 aliphatic carbocycles. The Labute approximate surface area is 104 Å². The number of rotatable bonds is 3. The van der Waals surface area contributed by atoms with Crippen molar-refractivity contribution in [1.29, 1.82) is 0 Å². The van der Waals surface area contributed by atoms with Gasteiger partial charge in [0.25, 0.3) is 0 Å². The van der Waals surface area contributed by atoms with E-state index in [4.69, 9.17) is 4.52 Å². The lowest BCUT2D eigenvalue weighted by molar-refractivity contribution is 0.358. The molecule has 0 bridgehead atoms. The van der Waals surface area contributed by atoms with Gasteiger partial charge in [0.2, 0.25) is 11.7 Å². The van der Waals surface area contributed by atoms with Gasteiger partial charge in [-0.15, -0.1) is 0 Å². The van der Waals surface area contributed by atoms with E-state index < -0.39 is 0 Å². The Morgan fingerprint density at radius 3 is 3.18 bits per heavy atom. The zero-order valence-electron chi connectivity index (χ0n) is 9.77. The van der Waals surface area contributed by atoms with Crippen molar-refractivity contribution in [3.63, 3.8) is 0 Å². The lowest BCUT2D eigenvalue weighted by atomic mass is 10.1. The van der Waals surface area contributed by atoms with E-state index in [1.807, 2.05) is 0 Å². The predicted octanol–water partition coefficient (Wildman–Crippen LogP) is 2.26.